The number of carbonyl (C=O) groups is 2. The summed E-state index contributed by atoms with van der Waals surface area (Å²) in [6.07, 6.45) is 0.0486. The van der Waals surface area contributed by atoms with Gasteiger partial charge in [0.05, 0.1) is 10.8 Å². The summed E-state index contributed by atoms with van der Waals surface area (Å²) in [5.41, 5.74) is 1.48. The highest BCUT2D eigenvalue weighted by molar-refractivity contribution is 6.32. The van der Waals surface area contributed by atoms with Crippen molar-refractivity contribution < 1.29 is 14.5 Å². The highest BCUT2D eigenvalue weighted by atomic mass is 35.5. The Morgan fingerprint density at radius 2 is 1.96 bits per heavy atom. The number of nitrogens with one attached hydrogen (secondary N) is 1. The van der Waals surface area contributed by atoms with E-state index in [1.807, 2.05) is 13.0 Å². The maximum absolute atomic E-state index is 12.5. The average molecular weight is 408 g/mol. The number of anilines is 2. The number of nitrogens with zero attached hydrogens (tertiary/aromatic N) is 2. The zero-order valence-corrected chi connectivity index (χ0v) is 15.8. The number of hydrogen-bond donors (Lipinski definition) is 1. The van der Waals surface area contributed by atoms with Crippen LogP contribution in [0.5, 0.6) is 0 Å². The molecular formula is C18H15Cl2N3O4. The van der Waals surface area contributed by atoms with Gasteiger partial charge in [-0.05, 0) is 36.8 Å². The van der Waals surface area contributed by atoms with Crippen LogP contribution in [0.4, 0.5) is 17.1 Å². The second-order valence-corrected chi connectivity index (χ2v) is 7.07. The van der Waals surface area contributed by atoms with Crippen LogP contribution < -0.4 is 10.2 Å². The minimum atomic E-state index is -0.625. The molecule has 7 nitrogen and oxygen atoms in total. The molecule has 2 aromatic carbocycles. The fourth-order valence-corrected chi connectivity index (χ4v) is 3.22. The van der Waals surface area contributed by atoms with E-state index in [9.17, 15) is 19.7 Å². The molecule has 0 saturated carbocycles. The zero-order valence-electron chi connectivity index (χ0n) is 14.2. The molecule has 1 N–H and O–H groups in total. The van der Waals surface area contributed by atoms with Gasteiger partial charge in [-0.2, -0.15) is 0 Å². The summed E-state index contributed by atoms with van der Waals surface area (Å²) in [6.45, 7) is 2.07. The first-order chi connectivity index (χ1) is 12.8. The van der Waals surface area contributed by atoms with Gasteiger partial charge in [-0.15, -0.1) is 0 Å². The van der Waals surface area contributed by atoms with Crippen LogP contribution >= 0.6 is 23.2 Å². The highest BCUT2D eigenvalue weighted by Gasteiger charge is 2.35. The molecular weight excluding hydrogens is 393 g/mol. The van der Waals surface area contributed by atoms with Crippen molar-refractivity contribution in [2.75, 3.05) is 16.8 Å². The summed E-state index contributed by atoms with van der Waals surface area (Å²) in [4.78, 5) is 36.7. The van der Waals surface area contributed by atoms with Crippen molar-refractivity contribution in [1.29, 1.82) is 0 Å². The summed E-state index contributed by atoms with van der Waals surface area (Å²) in [6, 6.07) is 9.29. The number of carbonyl (C=O) groups excluding carboxylic acids is 2. The van der Waals surface area contributed by atoms with Gasteiger partial charge in [0.15, 0.2) is 0 Å². The van der Waals surface area contributed by atoms with Gasteiger partial charge in [-0.3, -0.25) is 19.7 Å². The fourth-order valence-electron chi connectivity index (χ4n) is 2.86. The molecule has 1 saturated heterocycles. The number of amides is 2. The molecule has 27 heavy (non-hydrogen) atoms. The third-order valence-electron chi connectivity index (χ3n) is 4.37. The number of nitro benzene ring substituents is 1. The molecule has 3 rings (SSSR count). The molecule has 1 heterocycles. The molecule has 9 heteroatoms. The average Bonchev–Trinajstić information content (AvgIpc) is 3.00. The Kier molecular flexibility index (Phi) is 5.34. The van der Waals surface area contributed by atoms with E-state index in [1.165, 1.54) is 23.1 Å². The Balaban J connectivity index is 1.73. The number of hydrogen-bond acceptors (Lipinski definition) is 4. The number of nitro groups is 1. The van der Waals surface area contributed by atoms with Gasteiger partial charge in [-0.25, -0.2) is 0 Å². The van der Waals surface area contributed by atoms with Crippen molar-refractivity contribution in [2.45, 2.75) is 13.3 Å². The number of benzene rings is 2. The van der Waals surface area contributed by atoms with E-state index in [4.69, 9.17) is 23.2 Å². The minimum Gasteiger partial charge on any atom is -0.326 e. The lowest BCUT2D eigenvalue weighted by molar-refractivity contribution is -0.384. The van der Waals surface area contributed by atoms with Crippen LogP contribution in [0.1, 0.15) is 12.0 Å². The fraction of sp³-hybridized carbons (Fsp3) is 0.222. The second-order valence-electron chi connectivity index (χ2n) is 6.25. The summed E-state index contributed by atoms with van der Waals surface area (Å²) in [7, 11) is 0. The highest BCUT2D eigenvalue weighted by Crippen LogP contribution is 2.31. The SMILES string of the molecule is Cc1ccc(N2CC(C(=O)Nc3ccc(Cl)c([N+](=O)[O-])c3)CC2=O)cc1Cl. The van der Waals surface area contributed by atoms with Crippen LogP contribution in [-0.4, -0.2) is 23.3 Å². The van der Waals surface area contributed by atoms with Crippen molar-refractivity contribution in [1.82, 2.24) is 0 Å². The molecule has 0 radical (unpaired) electrons. The van der Waals surface area contributed by atoms with E-state index < -0.39 is 10.8 Å². The summed E-state index contributed by atoms with van der Waals surface area (Å²) < 4.78 is 0. The molecule has 1 aliphatic heterocycles. The molecule has 1 atom stereocenters. The first-order valence-electron chi connectivity index (χ1n) is 8.07. The summed E-state index contributed by atoms with van der Waals surface area (Å²) in [5.74, 6) is -1.15. The Hall–Kier alpha value is -2.64. The normalized spacial score (nSPS) is 16.5. The molecule has 140 valence electrons. The third kappa shape index (κ3) is 4.04. The lowest BCUT2D eigenvalue weighted by atomic mass is 10.1. The lowest BCUT2D eigenvalue weighted by Gasteiger charge is -2.17. The lowest BCUT2D eigenvalue weighted by Crippen LogP contribution is -2.28. The molecule has 1 fully saturated rings. The smallest absolute Gasteiger partial charge is 0.289 e. The van der Waals surface area contributed by atoms with Gasteiger partial charge >= 0.3 is 0 Å². The van der Waals surface area contributed by atoms with Gasteiger partial charge < -0.3 is 10.2 Å². The van der Waals surface area contributed by atoms with Crippen LogP contribution in [0.15, 0.2) is 36.4 Å². The van der Waals surface area contributed by atoms with Crippen molar-refractivity contribution in [2.24, 2.45) is 5.92 Å². The molecule has 2 aromatic rings. The standard InChI is InChI=1S/C18H15Cl2N3O4/c1-10-2-4-13(8-15(10)20)22-9-11(6-17(22)24)18(25)21-12-3-5-14(19)16(7-12)23(26)27/h2-5,7-8,11H,6,9H2,1H3,(H,21,25). The Morgan fingerprint density at radius 1 is 1.22 bits per heavy atom. The summed E-state index contributed by atoms with van der Waals surface area (Å²) in [5, 5.41) is 14.1. The van der Waals surface area contributed by atoms with E-state index in [1.54, 1.807) is 12.1 Å². The largest absolute Gasteiger partial charge is 0.326 e. The van der Waals surface area contributed by atoms with Gasteiger partial charge in [-0.1, -0.05) is 29.3 Å². The quantitative estimate of drug-likeness (QED) is 0.606. The first kappa shape index (κ1) is 19.1. The first-order valence-corrected chi connectivity index (χ1v) is 8.83. The van der Waals surface area contributed by atoms with E-state index in [0.717, 1.165) is 5.56 Å². The molecule has 1 unspecified atom stereocenters. The summed E-state index contributed by atoms with van der Waals surface area (Å²) >= 11 is 11.9. The maximum Gasteiger partial charge on any atom is 0.289 e. The van der Waals surface area contributed by atoms with Crippen LogP contribution in [0, 0.1) is 23.0 Å². The second kappa shape index (κ2) is 7.54. The van der Waals surface area contributed by atoms with E-state index in [2.05, 4.69) is 5.32 Å². The number of halogens is 2. The van der Waals surface area contributed by atoms with Crippen molar-refractivity contribution in [3.8, 4) is 0 Å². The van der Waals surface area contributed by atoms with Crippen molar-refractivity contribution in [3.63, 3.8) is 0 Å². The Labute approximate surface area is 165 Å². The number of rotatable bonds is 4. The minimum absolute atomic E-state index is 0.0172. The van der Waals surface area contributed by atoms with Crippen LogP contribution in [0.3, 0.4) is 0 Å². The molecule has 1 aliphatic rings. The van der Waals surface area contributed by atoms with Gasteiger partial charge in [0.1, 0.15) is 5.02 Å². The van der Waals surface area contributed by atoms with Crippen LogP contribution in [-0.2, 0) is 9.59 Å². The topological polar surface area (TPSA) is 92.6 Å². The van der Waals surface area contributed by atoms with E-state index in [0.29, 0.717) is 10.7 Å². The van der Waals surface area contributed by atoms with Gasteiger partial charge in [0.25, 0.3) is 5.69 Å². The Morgan fingerprint density at radius 3 is 2.63 bits per heavy atom. The third-order valence-corrected chi connectivity index (χ3v) is 5.10. The van der Waals surface area contributed by atoms with E-state index in [-0.39, 0.29) is 41.2 Å². The predicted octanol–water partition coefficient (Wildman–Crippen LogP) is 4.20. The molecule has 0 aliphatic carbocycles. The van der Waals surface area contributed by atoms with Crippen molar-refractivity contribution in [3.05, 3.63) is 62.1 Å². The van der Waals surface area contributed by atoms with E-state index >= 15 is 0 Å². The van der Waals surface area contributed by atoms with Crippen molar-refractivity contribution >= 4 is 52.1 Å². The molecule has 0 bridgehead atoms. The zero-order chi connectivity index (χ0) is 19.7. The Bertz CT molecular complexity index is 948. The molecule has 2 amide bonds. The molecule has 0 aromatic heterocycles. The predicted molar refractivity (Wildman–Crippen MR) is 103 cm³/mol. The van der Waals surface area contributed by atoms with Gasteiger partial charge in [0.2, 0.25) is 11.8 Å². The van der Waals surface area contributed by atoms with Crippen LogP contribution in [0.25, 0.3) is 0 Å². The number of aryl methyl sites for hydroxylation is 1. The molecule has 0 spiro atoms. The van der Waals surface area contributed by atoms with Gasteiger partial charge in [0, 0.05) is 35.4 Å². The maximum atomic E-state index is 12.5. The van der Waals surface area contributed by atoms with Crippen LogP contribution in [0.2, 0.25) is 10.0 Å². The monoisotopic (exact) mass is 407 g/mol.